The van der Waals surface area contributed by atoms with Gasteiger partial charge in [0, 0.05) is 45.2 Å². The molecule has 0 spiro atoms. The molecule has 1 rings (SSSR count). The van der Waals surface area contributed by atoms with Gasteiger partial charge in [0.2, 0.25) is 0 Å². The van der Waals surface area contributed by atoms with Crippen molar-refractivity contribution in [3.63, 3.8) is 0 Å². The number of methoxy groups -OCH3 is 1. The summed E-state index contributed by atoms with van der Waals surface area (Å²) >= 11 is 0. The highest BCUT2D eigenvalue weighted by Gasteiger charge is 2.18. The van der Waals surface area contributed by atoms with Gasteiger partial charge in [0.25, 0.3) is 0 Å². The van der Waals surface area contributed by atoms with Crippen molar-refractivity contribution in [1.29, 1.82) is 0 Å². The van der Waals surface area contributed by atoms with Crippen molar-refractivity contribution < 1.29 is 14.2 Å². The maximum atomic E-state index is 5.94. The summed E-state index contributed by atoms with van der Waals surface area (Å²) in [6, 6.07) is -0.0855. The third-order valence-corrected chi connectivity index (χ3v) is 2.69. The van der Waals surface area contributed by atoms with Crippen molar-refractivity contribution in [2.75, 3.05) is 33.5 Å². The van der Waals surface area contributed by atoms with E-state index in [0.717, 1.165) is 18.6 Å². The lowest BCUT2D eigenvalue weighted by Crippen LogP contribution is -2.27. The summed E-state index contributed by atoms with van der Waals surface area (Å²) in [7, 11) is 3.56. The number of nitrogens with zero attached hydrogens (tertiary/aromatic N) is 2. The molecule has 1 aromatic heterocycles. The van der Waals surface area contributed by atoms with Gasteiger partial charge < -0.3 is 19.9 Å². The Kier molecular flexibility index (Phi) is 7.66. The van der Waals surface area contributed by atoms with E-state index in [0.29, 0.717) is 19.8 Å². The zero-order valence-electron chi connectivity index (χ0n) is 12.0. The first-order valence-corrected chi connectivity index (χ1v) is 6.57. The van der Waals surface area contributed by atoms with Gasteiger partial charge in [-0.3, -0.25) is 4.68 Å². The molecule has 2 atom stereocenters. The van der Waals surface area contributed by atoms with Crippen LogP contribution in [0.25, 0.3) is 0 Å². The molecule has 0 aliphatic heterocycles. The number of ether oxygens (including phenoxy) is 3. The van der Waals surface area contributed by atoms with E-state index in [2.05, 4.69) is 5.10 Å². The number of hydrogen-bond donors (Lipinski definition) is 1. The molecular weight excluding hydrogens is 246 g/mol. The molecule has 0 amide bonds. The monoisotopic (exact) mass is 271 g/mol. The van der Waals surface area contributed by atoms with Gasteiger partial charge in [-0.05, 0) is 13.3 Å². The van der Waals surface area contributed by atoms with Gasteiger partial charge in [-0.2, -0.15) is 5.10 Å². The SMILES string of the molecule is COCCCOCCOC(c1cnn(C)c1)C(C)N. The van der Waals surface area contributed by atoms with Crippen molar-refractivity contribution in [2.45, 2.75) is 25.5 Å². The molecule has 0 aliphatic carbocycles. The van der Waals surface area contributed by atoms with E-state index in [1.807, 2.05) is 20.2 Å². The van der Waals surface area contributed by atoms with Crippen LogP contribution in [-0.4, -0.2) is 49.4 Å². The summed E-state index contributed by atoms with van der Waals surface area (Å²) in [5.74, 6) is 0. The maximum Gasteiger partial charge on any atom is 0.100 e. The van der Waals surface area contributed by atoms with Crippen LogP contribution in [0, 0.1) is 0 Å². The molecule has 0 radical (unpaired) electrons. The lowest BCUT2D eigenvalue weighted by Gasteiger charge is -2.20. The quantitative estimate of drug-likeness (QED) is 0.640. The van der Waals surface area contributed by atoms with E-state index in [4.69, 9.17) is 19.9 Å². The van der Waals surface area contributed by atoms with E-state index >= 15 is 0 Å². The molecule has 0 bridgehead atoms. The number of hydrogen-bond acceptors (Lipinski definition) is 5. The van der Waals surface area contributed by atoms with Crippen LogP contribution in [0.5, 0.6) is 0 Å². The van der Waals surface area contributed by atoms with Gasteiger partial charge >= 0.3 is 0 Å². The Morgan fingerprint density at radius 2 is 2.11 bits per heavy atom. The Hall–Kier alpha value is -0.950. The lowest BCUT2D eigenvalue weighted by molar-refractivity contribution is -0.00766. The first-order chi connectivity index (χ1) is 9.15. The number of nitrogens with two attached hydrogens (primary N) is 1. The largest absolute Gasteiger partial charge is 0.385 e. The van der Waals surface area contributed by atoms with Crippen LogP contribution in [0.3, 0.4) is 0 Å². The fourth-order valence-corrected chi connectivity index (χ4v) is 1.78. The average Bonchev–Trinajstić information content (AvgIpc) is 2.78. The highest BCUT2D eigenvalue weighted by atomic mass is 16.5. The molecular formula is C13H25N3O3. The van der Waals surface area contributed by atoms with Gasteiger partial charge in [-0.15, -0.1) is 0 Å². The van der Waals surface area contributed by atoms with Crippen molar-refractivity contribution in [3.05, 3.63) is 18.0 Å². The van der Waals surface area contributed by atoms with E-state index in [1.165, 1.54) is 0 Å². The number of aryl methyl sites for hydroxylation is 1. The summed E-state index contributed by atoms with van der Waals surface area (Å²) in [5.41, 5.74) is 6.94. The van der Waals surface area contributed by atoms with Crippen LogP contribution in [0.4, 0.5) is 0 Å². The molecule has 1 heterocycles. The molecule has 2 N–H and O–H groups in total. The van der Waals surface area contributed by atoms with Crippen LogP contribution < -0.4 is 5.73 Å². The highest BCUT2D eigenvalue weighted by molar-refractivity contribution is 5.10. The Bertz CT molecular complexity index is 342. The molecule has 19 heavy (non-hydrogen) atoms. The van der Waals surface area contributed by atoms with Crippen molar-refractivity contribution in [2.24, 2.45) is 12.8 Å². The van der Waals surface area contributed by atoms with Crippen molar-refractivity contribution >= 4 is 0 Å². The van der Waals surface area contributed by atoms with Crippen LogP contribution in [-0.2, 0) is 21.3 Å². The zero-order valence-corrected chi connectivity index (χ0v) is 12.0. The molecule has 0 fully saturated rings. The second kappa shape index (κ2) is 9.03. The Morgan fingerprint density at radius 3 is 2.68 bits per heavy atom. The third kappa shape index (κ3) is 6.15. The average molecular weight is 271 g/mol. The minimum atomic E-state index is -0.142. The molecule has 2 unspecified atom stereocenters. The summed E-state index contributed by atoms with van der Waals surface area (Å²) in [6.45, 7) is 4.42. The zero-order chi connectivity index (χ0) is 14.1. The van der Waals surface area contributed by atoms with Gasteiger partial charge in [-0.1, -0.05) is 0 Å². The molecule has 0 saturated heterocycles. The predicted molar refractivity (Wildman–Crippen MR) is 72.9 cm³/mol. The van der Waals surface area contributed by atoms with Crippen molar-refractivity contribution in [3.8, 4) is 0 Å². The van der Waals surface area contributed by atoms with Gasteiger partial charge in [0.05, 0.1) is 19.4 Å². The Morgan fingerprint density at radius 1 is 1.32 bits per heavy atom. The van der Waals surface area contributed by atoms with Crippen LogP contribution in [0.1, 0.15) is 25.0 Å². The number of aromatic nitrogens is 2. The lowest BCUT2D eigenvalue weighted by atomic mass is 10.1. The topological polar surface area (TPSA) is 71.5 Å². The molecule has 110 valence electrons. The second-order valence-electron chi connectivity index (χ2n) is 4.56. The summed E-state index contributed by atoms with van der Waals surface area (Å²) in [6.07, 6.45) is 4.47. The minimum Gasteiger partial charge on any atom is -0.385 e. The summed E-state index contributed by atoms with van der Waals surface area (Å²) in [5, 5.41) is 4.13. The normalized spacial score (nSPS) is 14.5. The fourth-order valence-electron chi connectivity index (χ4n) is 1.78. The van der Waals surface area contributed by atoms with Gasteiger partial charge in [0.15, 0.2) is 0 Å². The van der Waals surface area contributed by atoms with E-state index in [-0.39, 0.29) is 12.1 Å². The standard InChI is InChI=1S/C13H25N3O3/c1-11(14)13(12-9-15-16(2)10-12)19-8-7-18-6-4-5-17-3/h9-11,13H,4-8,14H2,1-3H3. The van der Waals surface area contributed by atoms with Crippen LogP contribution in [0.2, 0.25) is 0 Å². The first kappa shape index (κ1) is 16.1. The van der Waals surface area contributed by atoms with E-state index < -0.39 is 0 Å². The molecule has 1 aromatic rings. The van der Waals surface area contributed by atoms with E-state index in [1.54, 1.807) is 18.0 Å². The highest BCUT2D eigenvalue weighted by Crippen LogP contribution is 2.19. The fraction of sp³-hybridized carbons (Fsp3) is 0.769. The molecule has 0 aromatic carbocycles. The molecule has 0 aliphatic rings. The van der Waals surface area contributed by atoms with Gasteiger partial charge in [-0.25, -0.2) is 0 Å². The predicted octanol–water partition coefficient (Wildman–Crippen LogP) is 0.878. The molecule has 0 saturated carbocycles. The van der Waals surface area contributed by atoms with Crippen LogP contribution >= 0.6 is 0 Å². The van der Waals surface area contributed by atoms with E-state index in [9.17, 15) is 0 Å². The second-order valence-corrected chi connectivity index (χ2v) is 4.56. The Balaban J connectivity index is 2.24. The first-order valence-electron chi connectivity index (χ1n) is 6.57. The maximum absolute atomic E-state index is 5.94. The minimum absolute atomic E-state index is 0.0855. The summed E-state index contributed by atoms with van der Waals surface area (Å²) in [4.78, 5) is 0. The van der Waals surface area contributed by atoms with Gasteiger partial charge in [0.1, 0.15) is 6.10 Å². The molecule has 6 heteroatoms. The molecule has 6 nitrogen and oxygen atoms in total. The summed E-state index contributed by atoms with van der Waals surface area (Å²) < 4.78 is 17.9. The van der Waals surface area contributed by atoms with Crippen LogP contribution in [0.15, 0.2) is 12.4 Å². The van der Waals surface area contributed by atoms with Crippen molar-refractivity contribution in [1.82, 2.24) is 9.78 Å². The third-order valence-electron chi connectivity index (χ3n) is 2.69. The smallest absolute Gasteiger partial charge is 0.100 e. The Labute approximate surface area is 114 Å². The number of rotatable bonds is 10.